The summed E-state index contributed by atoms with van der Waals surface area (Å²) in [6.07, 6.45) is 1.86. The topological polar surface area (TPSA) is 46.5 Å². The minimum atomic E-state index is -0.0879. The van der Waals surface area contributed by atoms with E-state index < -0.39 is 0 Å². The van der Waals surface area contributed by atoms with Crippen LogP contribution in [0.1, 0.15) is 10.5 Å². The van der Waals surface area contributed by atoms with Crippen molar-refractivity contribution in [1.82, 2.24) is 15.0 Å². The van der Waals surface area contributed by atoms with Crippen molar-refractivity contribution < 1.29 is 9.53 Å². The number of amides is 1. The van der Waals surface area contributed by atoms with Gasteiger partial charge in [-0.25, -0.2) is 5.01 Å². The molecule has 1 saturated heterocycles. The molecule has 0 saturated carbocycles. The maximum atomic E-state index is 11.9. The number of morpholine rings is 1. The number of nitrogens with zero attached hydrogens (tertiary/aromatic N) is 2. The predicted molar refractivity (Wildman–Crippen MR) is 63.0 cm³/mol. The van der Waals surface area contributed by atoms with E-state index in [1.807, 2.05) is 18.3 Å². The number of hydrogen-bond acceptors (Lipinski definition) is 3. The highest BCUT2D eigenvalue weighted by molar-refractivity contribution is 9.10. The minimum absolute atomic E-state index is 0.0879. The summed E-state index contributed by atoms with van der Waals surface area (Å²) >= 11 is 3.34. The van der Waals surface area contributed by atoms with Crippen molar-refractivity contribution in [3.05, 3.63) is 22.4 Å². The first kappa shape index (κ1) is 11.6. The van der Waals surface area contributed by atoms with Crippen molar-refractivity contribution in [3.63, 3.8) is 0 Å². The van der Waals surface area contributed by atoms with Crippen LogP contribution in [0.2, 0.25) is 0 Å². The molecule has 2 rings (SSSR count). The molecule has 1 aliphatic rings. The van der Waals surface area contributed by atoms with Crippen LogP contribution >= 0.6 is 15.9 Å². The van der Waals surface area contributed by atoms with Gasteiger partial charge in [-0.15, -0.1) is 0 Å². The number of halogens is 1. The van der Waals surface area contributed by atoms with Crippen molar-refractivity contribution >= 4 is 21.8 Å². The maximum absolute atomic E-state index is 11.9. The van der Waals surface area contributed by atoms with E-state index in [1.165, 1.54) is 0 Å². The lowest BCUT2D eigenvalue weighted by atomic mass is 10.4. The third-order valence-electron chi connectivity index (χ3n) is 2.47. The van der Waals surface area contributed by atoms with Gasteiger partial charge in [0.2, 0.25) is 0 Å². The van der Waals surface area contributed by atoms with Crippen LogP contribution in [0.4, 0.5) is 0 Å². The quantitative estimate of drug-likeness (QED) is 0.874. The molecule has 0 aliphatic carbocycles. The number of carbonyl (C=O) groups is 1. The monoisotopic (exact) mass is 287 g/mol. The molecule has 1 amide bonds. The Morgan fingerprint density at radius 3 is 2.75 bits per heavy atom. The van der Waals surface area contributed by atoms with Crippen molar-refractivity contribution in [2.24, 2.45) is 7.05 Å². The van der Waals surface area contributed by atoms with Crippen molar-refractivity contribution in [3.8, 4) is 0 Å². The molecule has 5 nitrogen and oxygen atoms in total. The Bertz CT molecular complexity index is 385. The molecular weight excluding hydrogens is 274 g/mol. The average molecular weight is 288 g/mol. The van der Waals surface area contributed by atoms with Crippen molar-refractivity contribution in [2.45, 2.75) is 0 Å². The molecule has 0 spiro atoms. The van der Waals surface area contributed by atoms with Crippen LogP contribution in [0.15, 0.2) is 16.7 Å². The maximum Gasteiger partial charge on any atom is 0.282 e. The van der Waals surface area contributed by atoms with Crippen molar-refractivity contribution in [1.29, 1.82) is 0 Å². The molecule has 2 heterocycles. The predicted octanol–water partition coefficient (Wildman–Crippen LogP) is 0.765. The fourth-order valence-electron chi connectivity index (χ4n) is 1.63. The van der Waals surface area contributed by atoms with Crippen LogP contribution in [0.25, 0.3) is 0 Å². The van der Waals surface area contributed by atoms with Gasteiger partial charge in [0.25, 0.3) is 5.91 Å². The van der Waals surface area contributed by atoms with Crippen LogP contribution < -0.4 is 5.43 Å². The zero-order chi connectivity index (χ0) is 11.5. The number of ether oxygens (including phenoxy) is 1. The highest BCUT2D eigenvalue weighted by Gasteiger charge is 2.16. The van der Waals surface area contributed by atoms with Gasteiger partial charge in [0.15, 0.2) is 0 Å². The van der Waals surface area contributed by atoms with Crippen LogP contribution in [-0.2, 0) is 11.8 Å². The number of hydrazine groups is 1. The first-order valence-electron chi connectivity index (χ1n) is 5.12. The Balaban J connectivity index is 1.99. The summed E-state index contributed by atoms with van der Waals surface area (Å²) in [5.74, 6) is -0.0879. The zero-order valence-corrected chi connectivity index (χ0v) is 10.7. The molecule has 0 radical (unpaired) electrons. The second kappa shape index (κ2) is 4.99. The average Bonchev–Trinajstić information content (AvgIpc) is 2.59. The van der Waals surface area contributed by atoms with Crippen LogP contribution in [0, 0.1) is 0 Å². The lowest BCUT2D eigenvalue weighted by molar-refractivity contribution is 0.0123. The second-order valence-electron chi connectivity index (χ2n) is 3.69. The number of hydrogen-bond donors (Lipinski definition) is 1. The Hall–Kier alpha value is -0.850. The summed E-state index contributed by atoms with van der Waals surface area (Å²) in [5, 5.41) is 1.88. The summed E-state index contributed by atoms with van der Waals surface area (Å²) in [6.45, 7) is 2.79. The molecule has 0 atom stereocenters. The van der Waals surface area contributed by atoms with Gasteiger partial charge in [-0.05, 0) is 22.0 Å². The van der Waals surface area contributed by atoms with E-state index in [1.54, 1.807) is 10.6 Å². The largest absolute Gasteiger partial charge is 0.379 e. The molecule has 1 aromatic heterocycles. The summed E-state index contributed by atoms with van der Waals surface area (Å²) in [7, 11) is 1.85. The van der Waals surface area contributed by atoms with Gasteiger partial charge < -0.3 is 9.30 Å². The van der Waals surface area contributed by atoms with Crippen LogP contribution in [-0.4, -0.2) is 41.8 Å². The normalized spacial score (nSPS) is 17.4. The summed E-state index contributed by atoms with van der Waals surface area (Å²) in [4.78, 5) is 11.9. The number of aromatic nitrogens is 1. The number of aryl methyl sites for hydroxylation is 1. The van der Waals surface area contributed by atoms with Gasteiger partial charge in [-0.1, -0.05) is 0 Å². The molecule has 6 heteroatoms. The summed E-state index contributed by atoms with van der Waals surface area (Å²) in [5.41, 5.74) is 3.50. The molecule has 1 fully saturated rings. The third-order valence-corrected chi connectivity index (χ3v) is 2.91. The molecule has 88 valence electrons. The first-order chi connectivity index (χ1) is 7.66. The van der Waals surface area contributed by atoms with Gasteiger partial charge >= 0.3 is 0 Å². The number of carbonyl (C=O) groups excluding carboxylic acids is 1. The Morgan fingerprint density at radius 2 is 2.19 bits per heavy atom. The second-order valence-corrected chi connectivity index (χ2v) is 4.61. The van der Waals surface area contributed by atoms with Gasteiger partial charge in [-0.3, -0.25) is 10.2 Å². The number of rotatable bonds is 2. The lowest BCUT2D eigenvalue weighted by Crippen LogP contribution is -2.48. The third kappa shape index (κ3) is 2.63. The lowest BCUT2D eigenvalue weighted by Gasteiger charge is -2.26. The van der Waals surface area contributed by atoms with E-state index in [4.69, 9.17) is 4.74 Å². The zero-order valence-electron chi connectivity index (χ0n) is 9.07. The van der Waals surface area contributed by atoms with E-state index in [2.05, 4.69) is 21.4 Å². The van der Waals surface area contributed by atoms with Gasteiger partial charge in [-0.2, -0.15) is 0 Å². The van der Waals surface area contributed by atoms with Crippen LogP contribution in [0.3, 0.4) is 0 Å². The molecule has 1 aliphatic heterocycles. The summed E-state index contributed by atoms with van der Waals surface area (Å²) in [6, 6.07) is 1.80. The SMILES string of the molecule is Cn1cc(Br)cc1C(=O)NN1CCOCC1. The van der Waals surface area contributed by atoms with E-state index in [9.17, 15) is 4.79 Å². The fraction of sp³-hybridized carbons (Fsp3) is 0.500. The van der Waals surface area contributed by atoms with E-state index in [0.29, 0.717) is 18.9 Å². The molecule has 1 aromatic rings. The first-order valence-corrected chi connectivity index (χ1v) is 5.91. The Kier molecular flexibility index (Phi) is 3.63. The highest BCUT2D eigenvalue weighted by atomic mass is 79.9. The smallest absolute Gasteiger partial charge is 0.282 e. The van der Waals surface area contributed by atoms with Gasteiger partial charge in [0.05, 0.1) is 13.2 Å². The Labute approximate surface area is 102 Å². The van der Waals surface area contributed by atoms with Crippen molar-refractivity contribution in [2.75, 3.05) is 26.3 Å². The molecule has 0 bridgehead atoms. The van der Waals surface area contributed by atoms with E-state index >= 15 is 0 Å². The molecule has 0 aromatic carbocycles. The molecular formula is C10H14BrN3O2. The molecule has 1 N–H and O–H groups in total. The summed E-state index contributed by atoms with van der Waals surface area (Å²) < 4.78 is 7.91. The molecule has 0 unspecified atom stereocenters. The fourth-order valence-corrected chi connectivity index (χ4v) is 2.15. The molecule has 16 heavy (non-hydrogen) atoms. The Morgan fingerprint density at radius 1 is 1.50 bits per heavy atom. The highest BCUT2D eigenvalue weighted by Crippen LogP contribution is 2.13. The van der Waals surface area contributed by atoms with Gasteiger partial charge in [0, 0.05) is 30.8 Å². The standard InChI is InChI=1S/C10H14BrN3O2/c1-13-7-8(11)6-9(13)10(15)12-14-2-4-16-5-3-14/h6-7H,2-5H2,1H3,(H,12,15). The van der Waals surface area contributed by atoms with Gasteiger partial charge in [0.1, 0.15) is 5.69 Å². The van der Waals surface area contributed by atoms with E-state index in [0.717, 1.165) is 17.6 Å². The van der Waals surface area contributed by atoms with E-state index in [-0.39, 0.29) is 5.91 Å². The van der Waals surface area contributed by atoms with Crippen LogP contribution in [0.5, 0.6) is 0 Å². The minimum Gasteiger partial charge on any atom is -0.379 e. The number of nitrogens with one attached hydrogen (secondary N) is 1.